The van der Waals surface area contributed by atoms with Crippen LogP contribution in [0.5, 0.6) is 0 Å². The molecule has 2 N–H and O–H groups in total. The largest absolute Gasteiger partial charge is 0.341 e. The monoisotopic (exact) mass is 388 g/mol. The van der Waals surface area contributed by atoms with Crippen molar-refractivity contribution in [1.29, 1.82) is 0 Å². The van der Waals surface area contributed by atoms with Crippen molar-refractivity contribution in [3.63, 3.8) is 0 Å². The van der Waals surface area contributed by atoms with E-state index in [0.717, 1.165) is 37.3 Å². The number of carbonyl (C=O) groups excluding carboxylic acids is 3. The van der Waals surface area contributed by atoms with E-state index in [1.807, 2.05) is 0 Å². The number of hydrogen-bond acceptors (Lipinski definition) is 4. The Morgan fingerprint density at radius 2 is 1.82 bits per heavy atom. The number of amides is 4. The van der Waals surface area contributed by atoms with E-state index in [1.165, 1.54) is 24.3 Å². The molecule has 0 bridgehead atoms. The molecule has 1 spiro atoms. The Morgan fingerprint density at radius 3 is 2.43 bits per heavy atom. The summed E-state index contributed by atoms with van der Waals surface area (Å²) >= 11 is 0. The fraction of sp³-hybridized carbons (Fsp3) is 0.550. The Balaban J connectivity index is 1.42. The number of piperidine rings is 1. The number of urea groups is 1. The van der Waals surface area contributed by atoms with Crippen LogP contribution < -0.4 is 10.6 Å². The minimum Gasteiger partial charge on any atom is -0.341 e. The number of likely N-dealkylation sites (tertiary alicyclic amines) is 1. The summed E-state index contributed by atoms with van der Waals surface area (Å²) in [6.45, 7) is 4.63. The lowest BCUT2D eigenvalue weighted by molar-refractivity contribution is -0.140. The predicted octanol–water partition coefficient (Wildman–Crippen LogP) is 1.19. The average Bonchev–Trinajstić information content (AvgIpc) is 3.21. The Kier molecular flexibility index (Phi) is 4.61. The number of hydrogen-bond donors (Lipinski definition) is 2. The quantitative estimate of drug-likeness (QED) is 0.763. The molecule has 3 saturated heterocycles. The van der Waals surface area contributed by atoms with E-state index in [1.54, 1.807) is 11.8 Å². The van der Waals surface area contributed by atoms with E-state index >= 15 is 0 Å². The highest BCUT2D eigenvalue weighted by Crippen LogP contribution is 2.37. The van der Waals surface area contributed by atoms with Gasteiger partial charge in [-0.3, -0.25) is 14.5 Å². The number of rotatable bonds is 3. The van der Waals surface area contributed by atoms with Crippen molar-refractivity contribution in [2.45, 2.75) is 31.7 Å². The molecule has 150 valence electrons. The third-order valence-electron chi connectivity index (χ3n) is 6.50. The molecule has 7 nitrogen and oxygen atoms in total. The van der Waals surface area contributed by atoms with Crippen molar-refractivity contribution in [2.24, 2.45) is 5.41 Å². The van der Waals surface area contributed by atoms with Crippen LogP contribution in [0.2, 0.25) is 0 Å². The zero-order valence-electron chi connectivity index (χ0n) is 16.0. The molecule has 0 saturated carbocycles. The first-order valence-corrected chi connectivity index (χ1v) is 9.72. The molecule has 1 aromatic carbocycles. The topological polar surface area (TPSA) is 81.8 Å². The Hall–Kier alpha value is -2.48. The van der Waals surface area contributed by atoms with Crippen LogP contribution in [0.3, 0.4) is 0 Å². The van der Waals surface area contributed by atoms with Crippen molar-refractivity contribution in [1.82, 2.24) is 20.4 Å². The zero-order valence-corrected chi connectivity index (χ0v) is 16.0. The summed E-state index contributed by atoms with van der Waals surface area (Å²) < 4.78 is 13.2. The van der Waals surface area contributed by atoms with Crippen LogP contribution in [0.25, 0.3) is 0 Å². The Labute approximate surface area is 163 Å². The van der Waals surface area contributed by atoms with Crippen molar-refractivity contribution < 1.29 is 18.8 Å². The molecule has 0 radical (unpaired) electrons. The number of nitrogens with one attached hydrogen (secondary N) is 2. The standard InChI is InChI=1S/C20H25FN4O3/c1-19(14-2-4-15(21)5-3-14)17(27)25(18(28)23-19)12-16(26)24-10-7-20(8-11-24)6-9-22-13-20/h2-5,22H,6-13H2,1H3,(H,23,28). The van der Waals surface area contributed by atoms with Crippen molar-refractivity contribution in [2.75, 3.05) is 32.7 Å². The van der Waals surface area contributed by atoms with E-state index in [4.69, 9.17) is 0 Å². The molecule has 3 heterocycles. The van der Waals surface area contributed by atoms with Gasteiger partial charge in [-0.25, -0.2) is 9.18 Å². The predicted molar refractivity (Wildman–Crippen MR) is 99.7 cm³/mol. The second-order valence-electron chi connectivity index (χ2n) is 8.26. The minimum absolute atomic E-state index is 0.215. The van der Waals surface area contributed by atoms with Gasteiger partial charge in [0, 0.05) is 19.6 Å². The van der Waals surface area contributed by atoms with Crippen LogP contribution >= 0.6 is 0 Å². The highest BCUT2D eigenvalue weighted by atomic mass is 19.1. The molecule has 28 heavy (non-hydrogen) atoms. The molecule has 3 fully saturated rings. The van der Waals surface area contributed by atoms with E-state index in [2.05, 4.69) is 10.6 Å². The van der Waals surface area contributed by atoms with Gasteiger partial charge in [-0.15, -0.1) is 0 Å². The van der Waals surface area contributed by atoms with Gasteiger partial charge in [0.15, 0.2) is 0 Å². The first-order chi connectivity index (χ1) is 13.3. The van der Waals surface area contributed by atoms with Gasteiger partial charge in [0.2, 0.25) is 5.91 Å². The highest BCUT2D eigenvalue weighted by Gasteiger charge is 2.50. The normalized spacial score (nSPS) is 26.8. The van der Waals surface area contributed by atoms with Crippen LogP contribution in [0.1, 0.15) is 31.7 Å². The maximum Gasteiger partial charge on any atom is 0.325 e. The second kappa shape index (κ2) is 6.84. The molecule has 1 aromatic rings. The van der Waals surface area contributed by atoms with Crippen LogP contribution in [-0.4, -0.2) is 60.4 Å². The minimum atomic E-state index is -1.30. The van der Waals surface area contributed by atoms with Gasteiger partial charge in [-0.1, -0.05) is 12.1 Å². The summed E-state index contributed by atoms with van der Waals surface area (Å²) in [5.74, 6) is -1.13. The van der Waals surface area contributed by atoms with Gasteiger partial charge < -0.3 is 15.5 Å². The van der Waals surface area contributed by atoms with Gasteiger partial charge in [0.05, 0.1) is 0 Å². The fourth-order valence-corrected chi connectivity index (χ4v) is 4.51. The maximum atomic E-state index is 13.2. The van der Waals surface area contributed by atoms with Crippen LogP contribution in [0.15, 0.2) is 24.3 Å². The molecular formula is C20H25FN4O3. The van der Waals surface area contributed by atoms with E-state index in [0.29, 0.717) is 24.1 Å². The van der Waals surface area contributed by atoms with Crippen LogP contribution in [-0.2, 0) is 15.1 Å². The number of halogens is 1. The fourth-order valence-electron chi connectivity index (χ4n) is 4.51. The van der Waals surface area contributed by atoms with Gasteiger partial charge in [0.25, 0.3) is 5.91 Å². The molecule has 1 atom stereocenters. The highest BCUT2D eigenvalue weighted by molar-refractivity contribution is 6.09. The van der Waals surface area contributed by atoms with Gasteiger partial charge in [-0.2, -0.15) is 0 Å². The second-order valence-corrected chi connectivity index (χ2v) is 8.26. The molecule has 1 unspecified atom stereocenters. The summed E-state index contributed by atoms with van der Waals surface area (Å²) in [4.78, 5) is 40.8. The number of benzene rings is 1. The summed E-state index contributed by atoms with van der Waals surface area (Å²) in [7, 11) is 0. The van der Waals surface area contributed by atoms with E-state index in [-0.39, 0.29) is 12.5 Å². The first kappa shape index (κ1) is 18.9. The lowest BCUT2D eigenvalue weighted by Crippen LogP contribution is -2.49. The lowest BCUT2D eigenvalue weighted by Gasteiger charge is -2.39. The van der Waals surface area contributed by atoms with Gasteiger partial charge in [-0.05, 0) is 55.8 Å². The summed E-state index contributed by atoms with van der Waals surface area (Å²) in [6, 6.07) is 4.83. The third kappa shape index (κ3) is 3.15. The molecule has 4 rings (SSSR count). The first-order valence-electron chi connectivity index (χ1n) is 9.72. The average molecular weight is 388 g/mol. The summed E-state index contributed by atoms with van der Waals surface area (Å²) in [5, 5.41) is 6.04. The van der Waals surface area contributed by atoms with Crippen molar-refractivity contribution >= 4 is 17.8 Å². The third-order valence-corrected chi connectivity index (χ3v) is 6.50. The Morgan fingerprint density at radius 1 is 1.14 bits per heavy atom. The molecule has 8 heteroatoms. The van der Waals surface area contributed by atoms with Crippen LogP contribution in [0.4, 0.5) is 9.18 Å². The molecular weight excluding hydrogens is 363 g/mol. The molecule has 3 aliphatic heterocycles. The molecule has 0 aliphatic carbocycles. The Bertz CT molecular complexity index is 796. The SMILES string of the molecule is CC1(c2ccc(F)cc2)NC(=O)N(CC(=O)N2CCC3(CCNC3)CC2)C1=O. The van der Waals surface area contributed by atoms with Gasteiger partial charge >= 0.3 is 6.03 Å². The molecule has 0 aromatic heterocycles. The number of nitrogens with zero attached hydrogens (tertiary/aromatic N) is 2. The zero-order chi connectivity index (χ0) is 19.9. The van der Waals surface area contributed by atoms with E-state index in [9.17, 15) is 18.8 Å². The van der Waals surface area contributed by atoms with Crippen molar-refractivity contribution in [3.05, 3.63) is 35.6 Å². The maximum absolute atomic E-state index is 13.2. The number of carbonyl (C=O) groups is 3. The van der Waals surface area contributed by atoms with Gasteiger partial charge in [0.1, 0.15) is 17.9 Å². The summed E-state index contributed by atoms with van der Waals surface area (Å²) in [6.07, 6.45) is 3.02. The number of imide groups is 1. The smallest absolute Gasteiger partial charge is 0.325 e. The van der Waals surface area contributed by atoms with Crippen molar-refractivity contribution in [3.8, 4) is 0 Å². The summed E-state index contributed by atoms with van der Waals surface area (Å²) in [5.41, 5.74) is -0.526. The molecule has 4 amide bonds. The van der Waals surface area contributed by atoms with E-state index < -0.39 is 23.3 Å². The molecule has 3 aliphatic rings. The van der Waals surface area contributed by atoms with Crippen LogP contribution in [0, 0.1) is 11.2 Å². The lowest BCUT2D eigenvalue weighted by atomic mass is 9.78.